The zero-order chi connectivity index (χ0) is 18.4. The van der Waals surface area contributed by atoms with E-state index in [2.05, 4.69) is 41.8 Å². The molecule has 0 unspecified atom stereocenters. The molecule has 0 spiro atoms. The normalized spacial score (nSPS) is 11.9. The van der Waals surface area contributed by atoms with Gasteiger partial charge < -0.3 is 15.4 Å². The van der Waals surface area contributed by atoms with Crippen molar-refractivity contribution in [3.05, 3.63) is 72.3 Å². The number of rotatable bonds is 7. The number of para-hydroxylation sites is 2. The van der Waals surface area contributed by atoms with Gasteiger partial charge in [0.25, 0.3) is 0 Å². The second kappa shape index (κ2) is 8.50. The molecule has 0 saturated carbocycles. The summed E-state index contributed by atoms with van der Waals surface area (Å²) >= 11 is 0. The average molecular weight is 348 g/mol. The third kappa shape index (κ3) is 4.21. The van der Waals surface area contributed by atoms with Crippen molar-refractivity contribution >= 4 is 22.4 Å². The number of carbonyl (C=O) groups is 1. The molecule has 3 rings (SSSR count). The summed E-state index contributed by atoms with van der Waals surface area (Å²) in [5.74, 6) is 0.592. The minimum absolute atomic E-state index is 0.0639. The molecule has 0 saturated heterocycles. The van der Waals surface area contributed by atoms with E-state index in [0.29, 0.717) is 18.0 Å². The molecular weight excluding hydrogens is 324 g/mol. The zero-order valence-corrected chi connectivity index (χ0v) is 15.2. The summed E-state index contributed by atoms with van der Waals surface area (Å²) in [5, 5.41) is 8.63. The number of fused-ring (bicyclic) bond motifs is 1. The highest BCUT2D eigenvalue weighted by atomic mass is 16.5. The molecule has 0 bridgehead atoms. The summed E-state index contributed by atoms with van der Waals surface area (Å²) in [6, 6.07) is 22.1. The van der Waals surface area contributed by atoms with Crippen molar-refractivity contribution in [2.45, 2.75) is 19.9 Å². The van der Waals surface area contributed by atoms with Crippen molar-refractivity contribution in [1.82, 2.24) is 5.32 Å². The van der Waals surface area contributed by atoms with Crippen LogP contribution in [0.15, 0.2) is 66.7 Å². The molecule has 0 aliphatic heterocycles. The van der Waals surface area contributed by atoms with Crippen LogP contribution in [0.3, 0.4) is 0 Å². The molecule has 0 fully saturated rings. The van der Waals surface area contributed by atoms with E-state index < -0.39 is 0 Å². The molecule has 0 aliphatic carbocycles. The zero-order valence-electron chi connectivity index (χ0n) is 15.2. The van der Waals surface area contributed by atoms with Gasteiger partial charge in [0.15, 0.2) is 0 Å². The van der Waals surface area contributed by atoms with Crippen molar-refractivity contribution in [1.29, 1.82) is 0 Å². The molecule has 134 valence electrons. The molecule has 2 N–H and O–H groups in total. The lowest BCUT2D eigenvalue weighted by atomic mass is 10.00. The smallest absolute Gasteiger partial charge is 0.238 e. The van der Waals surface area contributed by atoms with Crippen LogP contribution in [0.5, 0.6) is 5.75 Å². The summed E-state index contributed by atoms with van der Waals surface area (Å²) in [5.41, 5.74) is 1.88. The maximum Gasteiger partial charge on any atom is 0.238 e. The topological polar surface area (TPSA) is 50.4 Å². The average Bonchev–Trinajstić information content (AvgIpc) is 2.67. The number of anilines is 1. The van der Waals surface area contributed by atoms with E-state index in [4.69, 9.17) is 4.74 Å². The fraction of sp³-hybridized carbons (Fsp3) is 0.227. The first kappa shape index (κ1) is 18.0. The molecule has 3 aromatic carbocycles. The van der Waals surface area contributed by atoms with Gasteiger partial charge in [-0.15, -0.1) is 0 Å². The molecule has 0 heterocycles. The van der Waals surface area contributed by atoms with Crippen LogP contribution >= 0.6 is 0 Å². The summed E-state index contributed by atoms with van der Waals surface area (Å²) in [7, 11) is 0. The van der Waals surface area contributed by atoms with E-state index in [1.807, 2.05) is 49.4 Å². The Balaban J connectivity index is 1.64. The number of carbonyl (C=O) groups excluding carboxylic acids is 1. The number of benzene rings is 3. The van der Waals surface area contributed by atoms with Crippen molar-refractivity contribution in [3.63, 3.8) is 0 Å². The van der Waals surface area contributed by atoms with E-state index in [1.54, 1.807) is 0 Å². The van der Waals surface area contributed by atoms with Gasteiger partial charge in [0.2, 0.25) is 5.91 Å². The van der Waals surface area contributed by atoms with Crippen molar-refractivity contribution in [3.8, 4) is 5.75 Å². The first-order chi connectivity index (χ1) is 12.7. The van der Waals surface area contributed by atoms with E-state index in [1.165, 1.54) is 16.3 Å². The predicted octanol–water partition coefficient (Wildman–Crippen LogP) is 4.53. The quantitative estimate of drug-likeness (QED) is 0.660. The van der Waals surface area contributed by atoms with Gasteiger partial charge in [-0.25, -0.2) is 0 Å². The van der Waals surface area contributed by atoms with Crippen LogP contribution < -0.4 is 15.4 Å². The Morgan fingerprint density at radius 1 is 1.00 bits per heavy atom. The van der Waals surface area contributed by atoms with Crippen LogP contribution in [0, 0.1) is 0 Å². The fourth-order valence-corrected chi connectivity index (χ4v) is 3.03. The van der Waals surface area contributed by atoms with Crippen LogP contribution in [0.1, 0.15) is 25.5 Å². The third-order valence-corrected chi connectivity index (χ3v) is 4.32. The number of hydrogen-bond donors (Lipinski definition) is 2. The monoisotopic (exact) mass is 348 g/mol. The van der Waals surface area contributed by atoms with Crippen LogP contribution in [0.25, 0.3) is 10.8 Å². The van der Waals surface area contributed by atoms with Gasteiger partial charge >= 0.3 is 0 Å². The molecule has 0 radical (unpaired) electrons. The standard InChI is InChI=1S/C22H24N2O2/c1-3-26-21-14-7-6-13-20(21)24-22(25)15-23-16(2)18-12-8-10-17-9-4-5-11-19(17)18/h4-14,16,23H,3,15H2,1-2H3,(H,24,25)/t16-/m0/s1. The van der Waals surface area contributed by atoms with Gasteiger partial charge in [0.1, 0.15) is 5.75 Å². The minimum atomic E-state index is -0.0933. The third-order valence-electron chi connectivity index (χ3n) is 4.32. The number of ether oxygens (including phenoxy) is 1. The predicted molar refractivity (Wildman–Crippen MR) is 107 cm³/mol. The second-order valence-electron chi connectivity index (χ2n) is 6.15. The van der Waals surface area contributed by atoms with E-state index in [0.717, 1.165) is 0 Å². The summed E-state index contributed by atoms with van der Waals surface area (Å²) in [6.45, 7) is 4.78. The van der Waals surface area contributed by atoms with Crippen molar-refractivity contribution < 1.29 is 9.53 Å². The maximum absolute atomic E-state index is 12.3. The van der Waals surface area contributed by atoms with E-state index in [-0.39, 0.29) is 18.5 Å². The molecule has 26 heavy (non-hydrogen) atoms. The molecule has 1 amide bonds. The van der Waals surface area contributed by atoms with Crippen LogP contribution in [0.4, 0.5) is 5.69 Å². The van der Waals surface area contributed by atoms with Gasteiger partial charge in [-0.05, 0) is 42.3 Å². The SMILES string of the molecule is CCOc1ccccc1NC(=O)CN[C@@H](C)c1cccc2ccccc12. The number of nitrogens with one attached hydrogen (secondary N) is 2. The van der Waals surface area contributed by atoms with Crippen molar-refractivity contribution in [2.75, 3.05) is 18.5 Å². The Morgan fingerprint density at radius 2 is 1.73 bits per heavy atom. The molecule has 4 heteroatoms. The Kier molecular flexibility index (Phi) is 5.87. The lowest BCUT2D eigenvalue weighted by molar-refractivity contribution is -0.115. The molecule has 4 nitrogen and oxygen atoms in total. The van der Waals surface area contributed by atoms with E-state index in [9.17, 15) is 4.79 Å². The highest BCUT2D eigenvalue weighted by molar-refractivity contribution is 5.93. The minimum Gasteiger partial charge on any atom is -0.492 e. The second-order valence-corrected chi connectivity index (χ2v) is 6.15. The molecule has 3 aromatic rings. The molecule has 1 atom stereocenters. The first-order valence-electron chi connectivity index (χ1n) is 8.91. The largest absolute Gasteiger partial charge is 0.492 e. The summed E-state index contributed by atoms with van der Waals surface area (Å²) in [6.07, 6.45) is 0. The Hall–Kier alpha value is -2.85. The van der Waals surface area contributed by atoms with E-state index >= 15 is 0 Å². The van der Waals surface area contributed by atoms with Crippen LogP contribution in [-0.2, 0) is 4.79 Å². The van der Waals surface area contributed by atoms with Gasteiger partial charge in [0, 0.05) is 6.04 Å². The maximum atomic E-state index is 12.3. The van der Waals surface area contributed by atoms with Gasteiger partial charge in [-0.1, -0.05) is 54.6 Å². The fourth-order valence-electron chi connectivity index (χ4n) is 3.03. The highest BCUT2D eigenvalue weighted by Gasteiger charge is 2.12. The number of hydrogen-bond acceptors (Lipinski definition) is 3. The molecule has 0 aliphatic rings. The highest BCUT2D eigenvalue weighted by Crippen LogP contribution is 2.25. The van der Waals surface area contributed by atoms with Crippen LogP contribution in [0.2, 0.25) is 0 Å². The van der Waals surface area contributed by atoms with Gasteiger partial charge in [-0.2, -0.15) is 0 Å². The van der Waals surface area contributed by atoms with Crippen LogP contribution in [-0.4, -0.2) is 19.1 Å². The number of amides is 1. The Bertz CT molecular complexity index is 887. The lowest BCUT2D eigenvalue weighted by Gasteiger charge is -2.17. The van der Waals surface area contributed by atoms with Crippen molar-refractivity contribution in [2.24, 2.45) is 0 Å². The Morgan fingerprint density at radius 3 is 2.58 bits per heavy atom. The summed E-state index contributed by atoms with van der Waals surface area (Å²) < 4.78 is 5.55. The first-order valence-corrected chi connectivity index (χ1v) is 8.91. The Labute approximate surface area is 154 Å². The van der Waals surface area contributed by atoms with Gasteiger partial charge in [-0.3, -0.25) is 4.79 Å². The lowest BCUT2D eigenvalue weighted by Crippen LogP contribution is -2.30. The van der Waals surface area contributed by atoms with Gasteiger partial charge in [0.05, 0.1) is 18.8 Å². The molecular formula is C22H24N2O2. The molecule has 0 aromatic heterocycles. The summed E-state index contributed by atoms with van der Waals surface area (Å²) in [4.78, 5) is 12.3.